The summed E-state index contributed by atoms with van der Waals surface area (Å²) < 4.78 is 0. The van der Waals surface area contributed by atoms with Crippen LogP contribution in [0.1, 0.15) is 41.0 Å². The number of aromatic nitrogens is 2. The monoisotopic (exact) mass is 392 g/mol. The Kier molecular flexibility index (Phi) is 5.78. The first-order valence-electron chi connectivity index (χ1n) is 9.70. The third kappa shape index (κ3) is 4.46. The minimum Gasteiger partial charge on any atom is -0.298 e. The lowest BCUT2D eigenvalue weighted by molar-refractivity contribution is 0.102. The summed E-state index contributed by atoms with van der Waals surface area (Å²) >= 11 is 1.48. The molecule has 0 atom stereocenters. The van der Waals surface area contributed by atoms with Crippen molar-refractivity contribution in [1.82, 2.24) is 14.9 Å². The van der Waals surface area contributed by atoms with Gasteiger partial charge >= 0.3 is 0 Å². The number of hydrogen-bond donors (Lipinski definition) is 1. The Morgan fingerprint density at radius 3 is 2.61 bits per heavy atom. The van der Waals surface area contributed by atoms with Gasteiger partial charge in [-0.3, -0.25) is 20.0 Å². The zero-order valence-corrected chi connectivity index (χ0v) is 16.8. The average molecular weight is 393 g/mol. The second kappa shape index (κ2) is 8.63. The summed E-state index contributed by atoms with van der Waals surface area (Å²) in [7, 11) is 0. The van der Waals surface area contributed by atoms with Gasteiger partial charge < -0.3 is 0 Å². The molecule has 1 saturated heterocycles. The van der Waals surface area contributed by atoms with Crippen molar-refractivity contribution >= 4 is 22.4 Å². The zero-order chi connectivity index (χ0) is 19.3. The van der Waals surface area contributed by atoms with Crippen LogP contribution in [0.2, 0.25) is 0 Å². The number of nitrogens with one attached hydrogen (secondary N) is 1. The van der Waals surface area contributed by atoms with Gasteiger partial charge in [-0.25, -0.2) is 4.98 Å². The van der Waals surface area contributed by atoms with Gasteiger partial charge in [-0.2, -0.15) is 0 Å². The van der Waals surface area contributed by atoms with E-state index in [1.54, 1.807) is 0 Å². The van der Waals surface area contributed by atoms with E-state index in [1.807, 2.05) is 54.8 Å². The van der Waals surface area contributed by atoms with Gasteiger partial charge in [0.2, 0.25) is 0 Å². The lowest BCUT2D eigenvalue weighted by Crippen LogP contribution is -2.29. The molecule has 0 spiro atoms. The number of pyridine rings is 1. The number of nitrogens with zero attached hydrogens (tertiary/aromatic N) is 3. The van der Waals surface area contributed by atoms with Crippen LogP contribution in [0.3, 0.4) is 0 Å². The maximum Gasteiger partial charge on any atom is 0.259 e. The number of likely N-dealkylation sites (tertiary alicyclic amines) is 1. The van der Waals surface area contributed by atoms with Crippen molar-refractivity contribution < 1.29 is 4.79 Å². The number of amides is 1. The molecule has 1 fully saturated rings. The molecule has 0 saturated carbocycles. The van der Waals surface area contributed by atoms with Crippen LogP contribution in [0.4, 0.5) is 5.13 Å². The summed E-state index contributed by atoms with van der Waals surface area (Å²) in [6.45, 7) is 5.00. The second-order valence-corrected chi connectivity index (χ2v) is 7.99. The number of hydrogen-bond acceptors (Lipinski definition) is 5. The van der Waals surface area contributed by atoms with Crippen molar-refractivity contribution in [2.24, 2.45) is 0 Å². The van der Waals surface area contributed by atoms with Crippen LogP contribution in [-0.2, 0) is 6.54 Å². The normalized spacial score (nSPS) is 14.8. The summed E-state index contributed by atoms with van der Waals surface area (Å²) in [5.74, 6) is -0.163. The summed E-state index contributed by atoms with van der Waals surface area (Å²) in [5, 5.41) is 5.60. The molecule has 4 rings (SSSR count). The van der Waals surface area contributed by atoms with E-state index in [0.29, 0.717) is 16.4 Å². The summed E-state index contributed by atoms with van der Waals surface area (Å²) in [4.78, 5) is 24.3. The number of rotatable bonds is 5. The molecule has 5 nitrogen and oxygen atoms in total. The highest BCUT2D eigenvalue weighted by molar-refractivity contribution is 7.14. The molecule has 1 amide bonds. The predicted octanol–water partition coefficient (Wildman–Crippen LogP) is 4.75. The van der Waals surface area contributed by atoms with E-state index >= 15 is 0 Å². The number of carbonyl (C=O) groups is 1. The highest BCUT2D eigenvalue weighted by atomic mass is 32.1. The summed E-state index contributed by atoms with van der Waals surface area (Å²) in [6, 6.07) is 13.7. The van der Waals surface area contributed by atoms with E-state index in [4.69, 9.17) is 0 Å². The molecule has 0 bridgehead atoms. The van der Waals surface area contributed by atoms with Crippen molar-refractivity contribution in [2.75, 3.05) is 18.4 Å². The van der Waals surface area contributed by atoms with Crippen LogP contribution >= 0.6 is 11.3 Å². The molecule has 144 valence electrons. The molecule has 28 heavy (non-hydrogen) atoms. The minimum atomic E-state index is -0.163. The Balaban J connectivity index is 1.42. The highest BCUT2D eigenvalue weighted by Gasteiger charge is 2.15. The fourth-order valence-corrected chi connectivity index (χ4v) is 4.22. The average Bonchev–Trinajstić information content (AvgIpc) is 3.16. The Morgan fingerprint density at radius 1 is 1.07 bits per heavy atom. The van der Waals surface area contributed by atoms with E-state index in [1.165, 1.54) is 30.6 Å². The molecule has 1 aromatic carbocycles. The van der Waals surface area contributed by atoms with Crippen LogP contribution in [0.5, 0.6) is 0 Å². The molecule has 1 N–H and O–H groups in total. The Hall–Kier alpha value is -2.57. The molecule has 3 heterocycles. The van der Waals surface area contributed by atoms with Crippen molar-refractivity contribution in [3.05, 3.63) is 64.8 Å². The standard InChI is InChI=1S/C22H24N4OS/c1-16-19(10-11-20(23-16)17-8-4-2-5-9-17)21(27)25-22-24-18(15-28-22)14-26-12-6-3-7-13-26/h2,4-5,8-11,15H,3,6-7,12-14H2,1H3,(H,24,25,27). The molecule has 1 aliphatic rings. The van der Waals surface area contributed by atoms with Gasteiger partial charge in [-0.05, 0) is 45.0 Å². The fourth-order valence-electron chi connectivity index (χ4n) is 3.52. The van der Waals surface area contributed by atoms with Gasteiger partial charge in [-0.15, -0.1) is 11.3 Å². The number of aryl methyl sites for hydroxylation is 1. The maximum absolute atomic E-state index is 12.7. The van der Waals surface area contributed by atoms with Crippen LogP contribution in [0, 0.1) is 6.92 Å². The molecule has 0 radical (unpaired) electrons. The fraction of sp³-hybridized carbons (Fsp3) is 0.318. The van der Waals surface area contributed by atoms with E-state index in [0.717, 1.165) is 36.6 Å². The van der Waals surface area contributed by atoms with Gasteiger partial charge in [0.25, 0.3) is 5.91 Å². The first-order valence-corrected chi connectivity index (χ1v) is 10.6. The molecule has 0 unspecified atom stereocenters. The van der Waals surface area contributed by atoms with Crippen LogP contribution in [0.25, 0.3) is 11.3 Å². The zero-order valence-electron chi connectivity index (χ0n) is 16.0. The van der Waals surface area contributed by atoms with E-state index in [-0.39, 0.29) is 5.91 Å². The quantitative estimate of drug-likeness (QED) is 0.681. The van der Waals surface area contributed by atoms with E-state index in [9.17, 15) is 4.79 Å². The van der Waals surface area contributed by atoms with Gasteiger partial charge in [0.15, 0.2) is 5.13 Å². The van der Waals surface area contributed by atoms with Gasteiger partial charge in [-0.1, -0.05) is 36.8 Å². The predicted molar refractivity (Wildman–Crippen MR) is 114 cm³/mol. The molecule has 3 aromatic rings. The number of anilines is 1. The SMILES string of the molecule is Cc1nc(-c2ccccc2)ccc1C(=O)Nc1nc(CN2CCCCC2)cs1. The van der Waals surface area contributed by atoms with Crippen molar-refractivity contribution in [2.45, 2.75) is 32.7 Å². The molecule has 2 aromatic heterocycles. The van der Waals surface area contributed by atoms with Crippen LogP contribution < -0.4 is 5.32 Å². The van der Waals surface area contributed by atoms with Crippen molar-refractivity contribution in [3.63, 3.8) is 0 Å². The van der Waals surface area contributed by atoms with Gasteiger partial charge in [0, 0.05) is 17.5 Å². The number of thiazole rings is 1. The Morgan fingerprint density at radius 2 is 1.86 bits per heavy atom. The largest absolute Gasteiger partial charge is 0.298 e. The second-order valence-electron chi connectivity index (χ2n) is 7.13. The molecule has 6 heteroatoms. The van der Waals surface area contributed by atoms with Gasteiger partial charge in [0.05, 0.1) is 22.6 Å². The summed E-state index contributed by atoms with van der Waals surface area (Å²) in [6.07, 6.45) is 3.85. The third-order valence-corrected chi connectivity index (χ3v) is 5.81. The molecule has 0 aliphatic carbocycles. The first-order chi connectivity index (χ1) is 13.7. The Bertz CT molecular complexity index is 948. The highest BCUT2D eigenvalue weighted by Crippen LogP contribution is 2.22. The lowest BCUT2D eigenvalue weighted by Gasteiger charge is -2.25. The number of piperidine rings is 1. The van der Waals surface area contributed by atoms with E-state index < -0.39 is 0 Å². The molecular weight excluding hydrogens is 368 g/mol. The molecule has 1 aliphatic heterocycles. The number of benzene rings is 1. The molecular formula is C22H24N4OS. The lowest BCUT2D eigenvalue weighted by atomic mass is 10.1. The summed E-state index contributed by atoms with van der Waals surface area (Å²) in [5.41, 5.74) is 4.22. The smallest absolute Gasteiger partial charge is 0.259 e. The van der Waals surface area contributed by atoms with Crippen LogP contribution in [0.15, 0.2) is 47.8 Å². The Labute approximate surface area is 169 Å². The minimum absolute atomic E-state index is 0.163. The third-order valence-electron chi connectivity index (χ3n) is 5.01. The van der Waals surface area contributed by atoms with Gasteiger partial charge in [0.1, 0.15) is 0 Å². The first kappa shape index (κ1) is 18.8. The maximum atomic E-state index is 12.7. The van der Waals surface area contributed by atoms with E-state index in [2.05, 4.69) is 20.2 Å². The number of carbonyl (C=O) groups excluding carboxylic acids is 1. The van der Waals surface area contributed by atoms with Crippen LogP contribution in [-0.4, -0.2) is 33.9 Å². The van der Waals surface area contributed by atoms with Crippen molar-refractivity contribution in [3.8, 4) is 11.3 Å². The van der Waals surface area contributed by atoms with Crippen molar-refractivity contribution in [1.29, 1.82) is 0 Å². The topological polar surface area (TPSA) is 58.1 Å².